The van der Waals surface area contributed by atoms with Crippen molar-refractivity contribution in [3.05, 3.63) is 71.4 Å². The molecule has 0 bridgehead atoms. The molecular formula is C23H26ClN5O. The topological polar surface area (TPSA) is 53.4 Å². The summed E-state index contributed by atoms with van der Waals surface area (Å²) < 4.78 is 1.66. The van der Waals surface area contributed by atoms with Gasteiger partial charge in [-0.3, -0.25) is 9.69 Å². The van der Waals surface area contributed by atoms with Gasteiger partial charge in [0, 0.05) is 54.6 Å². The molecule has 7 heteroatoms. The normalized spacial score (nSPS) is 14.9. The fourth-order valence-corrected chi connectivity index (χ4v) is 3.90. The zero-order chi connectivity index (χ0) is 21.1. The summed E-state index contributed by atoms with van der Waals surface area (Å²) in [5.41, 5.74) is 2.55. The molecule has 30 heavy (non-hydrogen) atoms. The molecule has 0 unspecified atom stereocenters. The summed E-state index contributed by atoms with van der Waals surface area (Å²) in [4.78, 5) is 17.6. The summed E-state index contributed by atoms with van der Waals surface area (Å²) in [7, 11) is 0. The highest BCUT2D eigenvalue weighted by Gasteiger charge is 2.19. The van der Waals surface area contributed by atoms with E-state index in [4.69, 9.17) is 11.6 Å². The van der Waals surface area contributed by atoms with Crippen molar-refractivity contribution in [2.75, 3.05) is 36.4 Å². The van der Waals surface area contributed by atoms with Gasteiger partial charge in [0.15, 0.2) is 0 Å². The number of nitrogens with one attached hydrogen (secondary N) is 1. The fraction of sp³-hybridized carbons (Fsp3) is 0.304. The zero-order valence-electron chi connectivity index (χ0n) is 17.3. The quantitative estimate of drug-likeness (QED) is 0.664. The smallest absolute Gasteiger partial charge is 0.256 e. The number of carbonyl (C=O) groups excluding carboxylic acids is 1. The Morgan fingerprint density at radius 3 is 2.40 bits per heavy atom. The van der Waals surface area contributed by atoms with Gasteiger partial charge in [-0.1, -0.05) is 17.7 Å². The van der Waals surface area contributed by atoms with Gasteiger partial charge in [-0.15, -0.1) is 0 Å². The van der Waals surface area contributed by atoms with Crippen molar-refractivity contribution in [3.8, 4) is 5.69 Å². The van der Waals surface area contributed by atoms with Gasteiger partial charge < -0.3 is 10.2 Å². The van der Waals surface area contributed by atoms with Crippen molar-refractivity contribution in [2.45, 2.75) is 19.9 Å². The molecule has 2 heterocycles. The van der Waals surface area contributed by atoms with E-state index in [1.807, 2.05) is 36.4 Å². The minimum atomic E-state index is -0.171. The Morgan fingerprint density at radius 1 is 1.00 bits per heavy atom. The van der Waals surface area contributed by atoms with E-state index in [1.54, 1.807) is 29.1 Å². The van der Waals surface area contributed by atoms with Gasteiger partial charge >= 0.3 is 0 Å². The molecule has 1 N–H and O–H groups in total. The van der Waals surface area contributed by atoms with Crippen LogP contribution in [0.5, 0.6) is 0 Å². The van der Waals surface area contributed by atoms with Crippen LogP contribution in [0.25, 0.3) is 5.69 Å². The Hall–Kier alpha value is -2.83. The number of amides is 1. The van der Waals surface area contributed by atoms with Gasteiger partial charge in [0.1, 0.15) is 5.82 Å². The van der Waals surface area contributed by atoms with E-state index in [0.29, 0.717) is 22.4 Å². The molecule has 0 aliphatic carbocycles. The van der Waals surface area contributed by atoms with E-state index in [2.05, 4.69) is 34.1 Å². The van der Waals surface area contributed by atoms with Crippen LogP contribution < -0.4 is 10.2 Å². The van der Waals surface area contributed by atoms with Gasteiger partial charge in [-0.05, 0) is 56.3 Å². The molecule has 6 nitrogen and oxygen atoms in total. The summed E-state index contributed by atoms with van der Waals surface area (Å²) in [5, 5.41) is 7.86. The average Bonchev–Trinajstić information content (AvgIpc) is 3.22. The minimum Gasteiger partial charge on any atom is -0.369 e. The van der Waals surface area contributed by atoms with Crippen molar-refractivity contribution in [1.29, 1.82) is 0 Å². The Bertz CT molecular complexity index is 1010. The third kappa shape index (κ3) is 4.50. The molecule has 1 aromatic heterocycles. The standard InChI is InChI=1S/C23H26ClN5O/c1-17(2)27-12-14-28(15-13-27)20-8-6-18(7-9-20)23(30)26-22-10-11-25-29(22)21-5-3-4-19(24)16-21/h3-11,16-17H,12-15H2,1-2H3,(H,26,30). The molecule has 0 spiro atoms. The largest absolute Gasteiger partial charge is 0.369 e. The fourth-order valence-electron chi connectivity index (χ4n) is 3.72. The summed E-state index contributed by atoms with van der Waals surface area (Å²) in [6.07, 6.45) is 1.65. The van der Waals surface area contributed by atoms with E-state index < -0.39 is 0 Å². The first-order valence-electron chi connectivity index (χ1n) is 10.2. The highest BCUT2D eigenvalue weighted by molar-refractivity contribution is 6.30. The highest BCUT2D eigenvalue weighted by atomic mass is 35.5. The number of benzene rings is 2. The van der Waals surface area contributed by atoms with Crippen molar-refractivity contribution in [2.24, 2.45) is 0 Å². The lowest BCUT2D eigenvalue weighted by atomic mass is 10.1. The maximum atomic E-state index is 12.8. The number of aromatic nitrogens is 2. The van der Waals surface area contributed by atoms with Crippen LogP contribution in [0.2, 0.25) is 5.02 Å². The maximum Gasteiger partial charge on any atom is 0.256 e. The second-order valence-electron chi connectivity index (χ2n) is 7.73. The van der Waals surface area contributed by atoms with E-state index in [-0.39, 0.29) is 5.91 Å². The first-order chi connectivity index (χ1) is 14.5. The molecule has 1 aliphatic rings. The molecule has 0 saturated carbocycles. The Balaban J connectivity index is 1.43. The molecule has 1 aliphatic heterocycles. The van der Waals surface area contributed by atoms with E-state index in [1.165, 1.54) is 0 Å². The van der Waals surface area contributed by atoms with E-state index in [0.717, 1.165) is 37.6 Å². The van der Waals surface area contributed by atoms with Crippen LogP contribution in [-0.4, -0.2) is 52.8 Å². The summed E-state index contributed by atoms with van der Waals surface area (Å²) >= 11 is 6.08. The molecule has 1 fully saturated rings. The summed E-state index contributed by atoms with van der Waals surface area (Å²) in [6, 6.07) is 17.5. The summed E-state index contributed by atoms with van der Waals surface area (Å²) in [5.74, 6) is 0.422. The van der Waals surface area contributed by atoms with Crippen LogP contribution in [0.1, 0.15) is 24.2 Å². The number of anilines is 2. The second kappa shape index (κ2) is 8.90. The lowest BCUT2D eigenvalue weighted by Gasteiger charge is -2.38. The number of hydrogen-bond donors (Lipinski definition) is 1. The van der Waals surface area contributed by atoms with Crippen molar-refractivity contribution >= 4 is 29.0 Å². The molecule has 1 amide bonds. The highest BCUT2D eigenvalue weighted by Crippen LogP contribution is 2.21. The van der Waals surface area contributed by atoms with Crippen LogP contribution >= 0.6 is 11.6 Å². The number of piperazine rings is 1. The summed E-state index contributed by atoms with van der Waals surface area (Å²) in [6.45, 7) is 8.61. The third-order valence-electron chi connectivity index (χ3n) is 5.48. The number of nitrogens with zero attached hydrogens (tertiary/aromatic N) is 4. The van der Waals surface area contributed by atoms with Gasteiger partial charge in [0.05, 0.1) is 11.9 Å². The number of hydrogen-bond acceptors (Lipinski definition) is 4. The average molecular weight is 424 g/mol. The first-order valence-corrected chi connectivity index (χ1v) is 10.6. The van der Waals surface area contributed by atoms with Gasteiger partial charge in [0.25, 0.3) is 5.91 Å². The van der Waals surface area contributed by atoms with Crippen LogP contribution in [0.3, 0.4) is 0 Å². The predicted molar refractivity (Wildman–Crippen MR) is 122 cm³/mol. The molecular weight excluding hydrogens is 398 g/mol. The zero-order valence-corrected chi connectivity index (χ0v) is 18.0. The monoisotopic (exact) mass is 423 g/mol. The molecule has 4 rings (SSSR count). The SMILES string of the molecule is CC(C)N1CCN(c2ccc(C(=O)Nc3ccnn3-c3cccc(Cl)c3)cc2)CC1. The number of rotatable bonds is 5. The molecule has 2 aromatic carbocycles. The first kappa shape index (κ1) is 20.4. The Kier molecular flexibility index (Phi) is 6.06. The molecule has 156 valence electrons. The molecule has 0 atom stereocenters. The second-order valence-corrected chi connectivity index (χ2v) is 8.16. The van der Waals surface area contributed by atoms with E-state index >= 15 is 0 Å². The van der Waals surface area contributed by atoms with Crippen molar-refractivity contribution in [3.63, 3.8) is 0 Å². The predicted octanol–water partition coefficient (Wildman–Crippen LogP) is 4.31. The molecule has 3 aromatic rings. The number of carbonyl (C=O) groups is 1. The van der Waals surface area contributed by atoms with Crippen molar-refractivity contribution in [1.82, 2.24) is 14.7 Å². The maximum absolute atomic E-state index is 12.8. The van der Waals surface area contributed by atoms with Crippen LogP contribution in [0.15, 0.2) is 60.8 Å². The molecule has 0 radical (unpaired) electrons. The number of halogens is 1. The molecule has 1 saturated heterocycles. The van der Waals surface area contributed by atoms with Crippen LogP contribution in [0.4, 0.5) is 11.5 Å². The minimum absolute atomic E-state index is 0.171. The van der Waals surface area contributed by atoms with Gasteiger partial charge in [-0.2, -0.15) is 5.10 Å². The Morgan fingerprint density at radius 2 is 1.73 bits per heavy atom. The lowest BCUT2D eigenvalue weighted by molar-refractivity contribution is 0.102. The Labute approximate surface area is 182 Å². The van der Waals surface area contributed by atoms with Crippen molar-refractivity contribution < 1.29 is 4.79 Å². The van der Waals surface area contributed by atoms with Crippen LogP contribution in [0, 0.1) is 0 Å². The van der Waals surface area contributed by atoms with Crippen LogP contribution in [-0.2, 0) is 0 Å². The van der Waals surface area contributed by atoms with E-state index in [9.17, 15) is 4.79 Å². The third-order valence-corrected chi connectivity index (χ3v) is 5.71. The lowest BCUT2D eigenvalue weighted by Crippen LogP contribution is -2.48. The van der Waals surface area contributed by atoms with Gasteiger partial charge in [0.2, 0.25) is 0 Å². The van der Waals surface area contributed by atoms with Gasteiger partial charge in [-0.25, -0.2) is 4.68 Å².